The fraction of sp³-hybridized carbons (Fsp3) is 0.167. The van der Waals surface area contributed by atoms with E-state index < -0.39 is 0 Å². The Bertz CT molecular complexity index is 582. The van der Waals surface area contributed by atoms with Crippen LogP contribution in [0.1, 0.15) is 17.3 Å². The van der Waals surface area contributed by atoms with Gasteiger partial charge in [0.05, 0.1) is 17.4 Å². The second-order valence-corrected chi connectivity index (χ2v) is 4.95. The molecule has 0 radical (unpaired) electrons. The quantitative estimate of drug-likeness (QED) is 0.936. The minimum absolute atomic E-state index is 0.200. The number of aryl methyl sites for hydroxylation is 1. The Kier molecular flexibility index (Phi) is 4.04. The average Bonchev–Trinajstić information content (AvgIpc) is 2.76. The first-order valence-corrected chi connectivity index (χ1v) is 6.56. The number of amides is 1. The summed E-state index contributed by atoms with van der Waals surface area (Å²) in [5.74, 6) is -0.200. The summed E-state index contributed by atoms with van der Waals surface area (Å²) < 4.78 is 2.40. The maximum absolute atomic E-state index is 12.0. The summed E-state index contributed by atoms with van der Waals surface area (Å²) in [6, 6.07) is 5.04. The molecular weight excluding hydrogens is 318 g/mol. The molecule has 0 saturated heterocycles. The second-order valence-electron chi connectivity index (χ2n) is 3.66. The monoisotopic (exact) mass is 327 g/mol. The summed E-state index contributed by atoms with van der Waals surface area (Å²) in [6.07, 6.45) is 3.40. The van der Waals surface area contributed by atoms with Gasteiger partial charge in [0, 0.05) is 22.2 Å². The van der Waals surface area contributed by atoms with E-state index in [1.807, 2.05) is 6.92 Å². The average molecular weight is 329 g/mol. The van der Waals surface area contributed by atoms with Gasteiger partial charge in [0.2, 0.25) is 0 Å². The molecule has 2 rings (SSSR count). The van der Waals surface area contributed by atoms with Crippen LogP contribution in [0.4, 0.5) is 5.69 Å². The van der Waals surface area contributed by atoms with Crippen LogP contribution in [0, 0.1) is 0 Å². The lowest BCUT2D eigenvalue weighted by molar-refractivity contribution is 0.102. The molecule has 1 amide bonds. The molecule has 1 aromatic carbocycles. The van der Waals surface area contributed by atoms with Gasteiger partial charge in [0.15, 0.2) is 0 Å². The van der Waals surface area contributed by atoms with Crippen molar-refractivity contribution in [1.82, 2.24) is 9.78 Å². The van der Waals surface area contributed by atoms with Gasteiger partial charge < -0.3 is 5.32 Å². The van der Waals surface area contributed by atoms with Crippen molar-refractivity contribution in [2.75, 3.05) is 5.32 Å². The lowest BCUT2D eigenvalue weighted by atomic mass is 10.2. The highest BCUT2D eigenvalue weighted by Gasteiger charge is 2.11. The zero-order chi connectivity index (χ0) is 13.1. The molecule has 0 aliphatic heterocycles. The lowest BCUT2D eigenvalue weighted by Gasteiger charge is -2.05. The summed E-state index contributed by atoms with van der Waals surface area (Å²) in [4.78, 5) is 12.0. The van der Waals surface area contributed by atoms with E-state index in [0.29, 0.717) is 20.7 Å². The van der Waals surface area contributed by atoms with Crippen LogP contribution in [-0.4, -0.2) is 15.7 Å². The third kappa shape index (κ3) is 2.91. The first-order valence-electron chi connectivity index (χ1n) is 5.39. The van der Waals surface area contributed by atoms with Gasteiger partial charge in [-0.25, -0.2) is 0 Å². The summed E-state index contributed by atoms with van der Waals surface area (Å²) in [6.45, 7) is 2.74. The van der Waals surface area contributed by atoms with Gasteiger partial charge in [-0.3, -0.25) is 9.48 Å². The van der Waals surface area contributed by atoms with Crippen molar-refractivity contribution in [3.05, 3.63) is 45.7 Å². The second kappa shape index (κ2) is 5.54. The van der Waals surface area contributed by atoms with E-state index in [0.717, 1.165) is 6.54 Å². The zero-order valence-electron chi connectivity index (χ0n) is 9.65. The van der Waals surface area contributed by atoms with E-state index in [-0.39, 0.29) is 5.91 Å². The number of hydrogen-bond acceptors (Lipinski definition) is 2. The molecule has 0 aliphatic carbocycles. The number of carbonyl (C=O) groups excluding carboxylic acids is 1. The van der Waals surface area contributed by atoms with Gasteiger partial charge in [0.1, 0.15) is 0 Å². The Morgan fingerprint density at radius 2 is 2.33 bits per heavy atom. The topological polar surface area (TPSA) is 46.9 Å². The third-order valence-electron chi connectivity index (χ3n) is 2.39. The minimum atomic E-state index is -0.200. The van der Waals surface area contributed by atoms with Gasteiger partial charge in [-0.15, -0.1) is 0 Å². The molecule has 94 valence electrons. The van der Waals surface area contributed by atoms with Gasteiger partial charge in [0.25, 0.3) is 5.91 Å². The van der Waals surface area contributed by atoms with Crippen molar-refractivity contribution in [3.8, 4) is 0 Å². The smallest absolute Gasteiger partial charge is 0.256 e. The van der Waals surface area contributed by atoms with Crippen LogP contribution < -0.4 is 5.32 Å². The van der Waals surface area contributed by atoms with E-state index >= 15 is 0 Å². The van der Waals surface area contributed by atoms with E-state index in [9.17, 15) is 4.79 Å². The van der Waals surface area contributed by atoms with Crippen LogP contribution in [0.3, 0.4) is 0 Å². The summed E-state index contributed by atoms with van der Waals surface area (Å²) in [5, 5.41) is 7.45. The van der Waals surface area contributed by atoms with Crippen molar-refractivity contribution in [3.63, 3.8) is 0 Å². The van der Waals surface area contributed by atoms with Crippen molar-refractivity contribution in [2.24, 2.45) is 0 Å². The fourth-order valence-corrected chi connectivity index (χ4v) is 2.34. The highest BCUT2D eigenvalue weighted by Crippen LogP contribution is 2.22. The molecule has 0 saturated carbocycles. The van der Waals surface area contributed by atoms with E-state index in [4.69, 9.17) is 11.6 Å². The van der Waals surface area contributed by atoms with Crippen molar-refractivity contribution in [1.29, 1.82) is 0 Å². The summed E-state index contributed by atoms with van der Waals surface area (Å²) in [7, 11) is 0. The van der Waals surface area contributed by atoms with Gasteiger partial charge in [-0.1, -0.05) is 11.6 Å². The number of benzene rings is 1. The number of hydrogen-bond donors (Lipinski definition) is 1. The molecule has 2 aromatic rings. The van der Waals surface area contributed by atoms with E-state index in [1.54, 1.807) is 35.3 Å². The van der Waals surface area contributed by atoms with Crippen LogP contribution in [0.25, 0.3) is 0 Å². The van der Waals surface area contributed by atoms with Crippen LogP contribution in [0.2, 0.25) is 5.02 Å². The van der Waals surface area contributed by atoms with E-state index in [1.165, 1.54) is 0 Å². The third-order valence-corrected chi connectivity index (χ3v) is 3.28. The Morgan fingerprint density at radius 3 is 2.94 bits per heavy atom. The van der Waals surface area contributed by atoms with Crippen molar-refractivity contribution >= 4 is 39.1 Å². The Labute approximate surface area is 118 Å². The SMILES string of the molecule is CCn1cc(NC(=O)c2ccc(Cl)cc2Br)cn1. The Morgan fingerprint density at radius 1 is 1.56 bits per heavy atom. The number of nitrogens with one attached hydrogen (secondary N) is 1. The summed E-state index contributed by atoms with van der Waals surface area (Å²) >= 11 is 9.14. The summed E-state index contributed by atoms with van der Waals surface area (Å²) in [5.41, 5.74) is 1.20. The van der Waals surface area contributed by atoms with Crippen molar-refractivity contribution < 1.29 is 4.79 Å². The minimum Gasteiger partial charge on any atom is -0.319 e. The van der Waals surface area contributed by atoms with Gasteiger partial charge in [-0.2, -0.15) is 5.10 Å². The number of rotatable bonds is 3. The molecule has 1 aromatic heterocycles. The molecule has 0 bridgehead atoms. The highest BCUT2D eigenvalue weighted by molar-refractivity contribution is 9.10. The maximum atomic E-state index is 12.0. The van der Waals surface area contributed by atoms with E-state index in [2.05, 4.69) is 26.3 Å². The van der Waals surface area contributed by atoms with Crippen molar-refractivity contribution in [2.45, 2.75) is 13.5 Å². The first-order chi connectivity index (χ1) is 8.60. The number of halogens is 2. The predicted molar refractivity (Wildman–Crippen MR) is 75.0 cm³/mol. The number of anilines is 1. The highest BCUT2D eigenvalue weighted by atomic mass is 79.9. The maximum Gasteiger partial charge on any atom is 0.256 e. The van der Waals surface area contributed by atoms with Crippen LogP contribution in [0.15, 0.2) is 35.1 Å². The van der Waals surface area contributed by atoms with Gasteiger partial charge >= 0.3 is 0 Å². The molecular formula is C12H11BrClN3O. The lowest BCUT2D eigenvalue weighted by Crippen LogP contribution is -2.12. The molecule has 1 N–H and O–H groups in total. The molecule has 1 heterocycles. The molecule has 0 atom stereocenters. The molecule has 4 nitrogen and oxygen atoms in total. The number of carbonyl (C=O) groups is 1. The predicted octanol–water partition coefficient (Wildman–Crippen LogP) is 3.57. The molecule has 18 heavy (non-hydrogen) atoms. The molecule has 0 spiro atoms. The molecule has 6 heteroatoms. The Balaban J connectivity index is 2.16. The van der Waals surface area contributed by atoms with Crippen LogP contribution in [-0.2, 0) is 6.54 Å². The van der Waals surface area contributed by atoms with Crippen LogP contribution >= 0.6 is 27.5 Å². The van der Waals surface area contributed by atoms with Gasteiger partial charge in [-0.05, 0) is 41.1 Å². The first kappa shape index (κ1) is 13.1. The normalized spacial score (nSPS) is 10.4. The van der Waals surface area contributed by atoms with Crippen LogP contribution in [0.5, 0.6) is 0 Å². The fourth-order valence-electron chi connectivity index (χ4n) is 1.47. The molecule has 0 fully saturated rings. The standard InChI is InChI=1S/C12H11BrClN3O/c1-2-17-7-9(6-15-17)16-12(18)10-4-3-8(14)5-11(10)13/h3-7H,2H2,1H3,(H,16,18). The number of nitrogens with zero attached hydrogens (tertiary/aromatic N) is 2. The molecule has 0 aliphatic rings. The zero-order valence-corrected chi connectivity index (χ0v) is 12.0. The Hall–Kier alpha value is -1.33. The largest absolute Gasteiger partial charge is 0.319 e. The molecule has 0 unspecified atom stereocenters. The number of aromatic nitrogens is 2.